The molecule has 0 aromatic carbocycles. The van der Waals surface area contributed by atoms with Crippen LogP contribution in [-0.4, -0.2) is 12.5 Å². The molecule has 0 rings (SSSR count). The SMILES string of the molecule is CC(=CC(N)=O)CCCN. The fraction of sp³-hybridized carbons (Fsp3) is 0.571. The molecule has 0 saturated heterocycles. The molecule has 3 heteroatoms. The third kappa shape index (κ3) is 5.31. The summed E-state index contributed by atoms with van der Waals surface area (Å²) in [6, 6.07) is 0. The van der Waals surface area contributed by atoms with Crippen LogP contribution in [0.4, 0.5) is 0 Å². The second-order valence-corrected chi connectivity index (χ2v) is 2.29. The topological polar surface area (TPSA) is 69.1 Å². The summed E-state index contributed by atoms with van der Waals surface area (Å²) in [6.45, 7) is 2.53. The fourth-order valence-electron chi connectivity index (χ4n) is 0.696. The van der Waals surface area contributed by atoms with Gasteiger partial charge in [-0.15, -0.1) is 0 Å². The first-order valence-electron chi connectivity index (χ1n) is 3.33. The Kier molecular flexibility index (Phi) is 4.58. The van der Waals surface area contributed by atoms with E-state index < -0.39 is 0 Å². The maximum Gasteiger partial charge on any atom is 0.241 e. The lowest BCUT2D eigenvalue weighted by molar-refractivity contribution is -0.113. The Morgan fingerprint density at radius 3 is 2.60 bits per heavy atom. The Balaban J connectivity index is 3.60. The average molecular weight is 142 g/mol. The first-order valence-corrected chi connectivity index (χ1v) is 3.33. The standard InChI is InChI=1S/C7H14N2O/c1-6(3-2-4-8)5-7(9)10/h5H,2-4,8H2,1H3,(H2,9,10). The van der Waals surface area contributed by atoms with Crippen LogP contribution in [0.3, 0.4) is 0 Å². The number of primary amides is 1. The highest BCUT2D eigenvalue weighted by Crippen LogP contribution is 2.00. The quantitative estimate of drug-likeness (QED) is 0.549. The molecular formula is C7H14N2O. The molecule has 58 valence electrons. The van der Waals surface area contributed by atoms with Crippen molar-refractivity contribution in [1.29, 1.82) is 0 Å². The Morgan fingerprint density at radius 1 is 1.60 bits per heavy atom. The number of hydrogen-bond acceptors (Lipinski definition) is 2. The fourth-order valence-corrected chi connectivity index (χ4v) is 0.696. The van der Waals surface area contributed by atoms with Crippen molar-refractivity contribution in [2.45, 2.75) is 19.8 Å². The summed E-state index contributed by atoms with van der Waals surface area (Å²) in [7, 11) is 0. The molecule has 0 heterocycles. The molecule has 10 heavy (non-hydrogen) atoms. The van der Waals surface area contributed by atoms with Gasteiger partial charge in [-0.3, -0.25) is 4.79 Å². The second-order valence-electron chi connectivity index (χ2n) is 2.29. The Bertz CT molecular complexity index is 141. The lowest BCUT2D eigenvalue weighted by Gasteiger charge is -1.95. The van der Waals surface area contributed by atoms with Gasteiger partial charge in [0.2, 0.25) is 5.91 Å². The van der Waals surface area contributed by atoms with Crippen LogP contribution in [0.2, 0.25) is 0 Å². The van der Waals surface area contributed by atoms with Crippen molar-refractivity contribution in [3.05, 3.63) is 11.6 Å². The molecule has 0 aliphatic heterocycles. The minimum atomic E-state index is -0.380. The predicted molar refractivity (Wildman–Crippen MR) is 41.2 cm³/mol. The maximum absolute atomic E-state index is 10.3. The van der Waals surface area contributed by atoms with Gasteiger partial charge in [0.1, 0.15) is 0 Å². The summed E-state index contributed by atoms with van der Waals surface area (Å²) < 4.78 is 0. The largest absolute Gasteiger partial charge is 0.366 e. The van der Waals surface area contributed by atoms with Crippen LogP contribution in [0.1, 0.15) is 19.8 Å². The predicted octanol–water partition coefficient (Wildman–Crippen LogP) is 0.157. The molecule has 0 aromatic rings. The number of amides is 1. The summed E-state index contributed by atoms with van der Waals surface area (Å²) in [5.41, 5.74) is 11.2. The van der Waals surface area contributed by atoms with E-state index in [2.05, 4.69) is 0 Å². The van der Waals surface area contributed by atoms with Gasteiger partial charge in [-0.1, -0.05) is 5.57 Å². The smallest absolute Gasteiger partial charge is 0.241 e. The molecule has 0 radical (unpaired) electrons. The Hall–Kier alpha value is -0.830. The first-order chi connectivity index (χ1) is 4.66. The lowest BCUT2D eigenvalue weighted by atomic mass is 10.1. The van der Waals surface area contributed by atoms with Crippen LogP contribution >= 0.6 is 0 Å². The zero-order chi connectivity index (χ0) is 7.98. The molecule has 0 unspecified atom stereocenters. The van der Waals surface area contributed by atoms with Gasteiger partial charge >= 0.3 is 0 Å². The van der Waals surface area contributed by atoms with Gasteiger partial charge in [-0.05, 0) is 26.3 Å². The highest BCUT2D eigenvalue weighted by Gasteiger charge is 1.90. The van der Waals surface area contributed by atoms with Crippen molar-refractivity contribution in [3.8, 4) is 0 Å². The van der Waals surface area contributed by atoms with E-state index in [9.17, 15) is 4.79 Å². The third-order valence-corrected chi connectivity index (χ3v) is 1.16. The van der Waals surface area contributed by atoms with Crippen molar-refractivity contribution in [2.24, 2.45) is 11.5 Å². The highest BCUT2D eigenvalue weighted by atomic mass is 16.1. The summed E-state index contributed by atoms with van der Waals surface area (Å²) in [6.07, 6.45) is 3.21. The molecule has 0 aliphatic rings. The zero-order valence-corrected chi connectivity index (χ0v) is 6.26. The van der Waals surface area contributed by atoms with E-state index in [1.165, 1.54) is 6.08 Å². The van der Waals surface area contributed by atoms with Crippen LogP contribution in [0, 0.1) is 0 Å². The summed E-state index contributed by atoms with van der Waals surface area (Å²) >= 11 is 0. The molecule has 0 aromatic heterocycles. The lowest BCUT2D eigenvalue weighted by Crippen LogP contribution is -2.07. The van der Waals surface area contributed by atoms with Gasteiger partial charge in [-0.25, -0.2) is 0 Å². The molecule has 0 bridgehead atoms. The minimum absolute atomic E-state index is 0.380. The number of allylic oxidation sites excluding steroid dienone is 1. The van der Waals surface area contributed by atoms with Gasteiger partial charge < -0.3 is 11.5 Å². The zero-order valence-electron chi connectivity index (χ0n) is 6.26. The molecule has 0 aliphatic carbocycles. The van der Waals surface area contributed by atoms with Crippen molar-refractivity contribution >= 4 is 5.91 Å². The van der Waals surface area contributed by atoms with E-state index in [0.717, 1.165) is 18.4 Å². The van der Waals surface area contributed by atoms with Crippen LogP contribution < -0.4 is 11.5 Å². The maximum atomic E-state index is 10.3. The van der Waals surface area contributed by atoms with E-state index >= 15 is 0 Å². The van der Waals surface area contributed by atoms with Gasteiger partial charge in [-0.2, -0.15) is 0 Å². The number of nitrogens with two attached hydrogens (primary N) is 2. The summed E-state index contributed by atoms with van der Waals surface area (Å²) in [4.78, 5) is 10.3. The average Bonchev–Trinajstić information content (AvgIpc) is 1.82. The number of rotatable bonds is 4. The molecule has 0 atom stereocenters. The Morgan fingerprint density at radius 2 is 2.20 bits per heavy atom. The van der Waals surface area contributed by atoms with Crippen molar-refractivity contribution < 1.29 is 4.79 Å². The molecule has 0 fully saturated rings. The molecule has 0 saturated carbocycles. The molecule has 3 nitrogen and oxygen atoms in total. The summed E-state index contributed by atoms with van der Waals surface area (Å²) in [5.74, 6) is -0.380. The van der Waals surface area contributed by atoms with Crippen molar-refractivity contribution in [3.63, 3.8) is 0 Å². The first kappa shape index (κ1) is 9.17. The molecular weight excluding hydrogens is 128 g/mol. The van der Waals surface area contributed by atoms with Gasteiger partial charge in [0.05, 0.1) is 0 Å². The minimum Gasteiger partial charge on any atom is -0.366 e. The van der Waals surface area contributed by atoms with Gasteiger partial charge in [0.25, 0.3) is 0 Å². The summed E-state index contributed by atoms with van der Waals surface area (Å²) in [5, 5.41) is 0. The van der Waals surface area contributed by atoms with Gasteiger partial charge in [0.15, 0.2) is 0 Å². The molecule has 4 N–H and O–H groups in total. The van der Waals surface area contributed by atoms with Gasteiger partial charge in [0, 0.05) is 6.08 Å². The third-order valence-electron chi connectivity index (χ3n) is 1.16. The van der Waals surface area contributed by atoms with Crippen LogP contribution in [0.25, 0.3) is 0 Å². The number of hydrogen-bond donors (Lipinski definition) is 2. The van der Waals surface area contributed by atoms with Crippen molar-refractivity contribution in [2.75, 3.05) is 6.54 Å². The van der Waals surface area contributed by atoms with Crippen LogP contribution in [0.15, 0.2) is 11.6 Å². The molecule has 1 amide bonds. The molecule has 0 spiro atoms. The van der Waals surface area contributed by atoms with E-state index in [1.807, 2.05) is 6.92 Å². The van der Waals surface area contributed by atoms with E-state index in [1.54, 1.807) is 0 Å². The van der Waals surface area contributed by atoms with E-state index in [4.69, 9.17) is 11.5 Å². The monoisotopic (exact) mass is 142 g/mol. The highest BCUT2D eigenvalue weighted by molar-refractivity contribution is 5.86. The van der Waals surface area contributed by atoms with Crippen LogP contribution in [-0.2, 0) is 4.79 Å². The van der Waals surface area contributed by atoms with Crippen LogP contribution in [0.5, 0.6) is 0 Å². The van der Waals surface area contributed by atoms with Crippen molar-refractivity contribution in [1.82, 2.24) is 0 Å². The Labute approximate surface area is 61.1 Å². The number of carbonyl (C=O) groups is 1. The number of carbonyl (C=O) groups excluding carboxylic acids is 1. The second kappa shape index (κ2) is 4.99. The van der Waals surface area contributed by atoms with E-state index in [0.29, 0.717) is 6.54 Å². The normalized spacial score (nSPS) is 11.6. The van der Waals surface area contributed by atoms with E-state index in [-0.39, 0.29) is 5.91 Å².